The van der Waals surface area contributed by atoms with E-state index in [0.717, 1.165) is 30.5 Å². The number of amides is 1. The van der Waals surface area contributed by atoms with E-state index in [1.165, 1.54) is 0 Å². The van der Waals surface area contributed by atoms with Crippen LogP contribution in [-0.4, -0.2) is 33.3 Å². The zero-order valence-electron chi connectivity index (χ0n) is 13.9. The molecule has 2 N–H and O–H groups in total. The third-order valence-electron chi connectivity index (χ3n) is 5.18. The molecular weight excluding hydrogens is 377 g/mol. The number of nitrogens with one attached hydrogen (secondary N) is 1. The molecule has 0 atom stereocenters. The van der Waals surface area contributed by atoms with Crippen LogP contribution in [0.5, 0.6) is 0 Å². The molecule has 4 rings (SSSR count). The number of carboxylic acids is 1. The van der Waals surface area contributed by atoms with Gasteiger partial charge in [-0.05, 0) is 50.3 Å². The van der Waals surface area contributed by atoms with Crippen LogP contribution in [0.25, 0.3) is 5.69 Å². The Morgan fingerprint density at radius 3 is 2.69 bits per heavy atom. The minimum Gasteiger partial charge on any atom is -0.481 e. The maximum atomic E-state index is 12.7. The number of fused-ring (bicyclic) bond motifs is 1. The first-order chi connectivity index (χ1) is 12.4. The lowest BCUT2D eigenvalue weighted by Gasteiger charge is -2.10. The van der Waals surface area contributed by atoms with Gasteiger partial charge in [-0.15, -0.1) is 0 Å². The van der Waals surface area contributed by atoms with Crippen molar-refractivity contribution in [3.63, 3.8) is 0 Å². The normalized spacial score (nSPS) is 17.0. The highest BCUT2D eigenvalue weighted by Gasteiger charge is 2.50. The van der Waals surface area contributed by atoms with E-state index < -0.39 is 11.4 Å². The Kier molecular flexibility index (Phi) is 4.20. The summed E-state index contributed by atoms with van der Waals surface area (Å²) in [5, 5.41) is 17.5. The van der Waals surface area contributed by atoms with Gasteiger partial charge in [0.1, 0.15) is 0 Å². The molecule has 2 aliphatic rings. The van der Waals surface area contributed by atoms with Crippen molar-refractivity contribution in [2.45, 2.75) is 32.1 Å². The summed E-state index contributed by atoms with van der Waals surface area (Å²) in [4.78, 5) is 23.9. The van der Waals surface area contributed by atoms with Gasteiger partial charge in [-0.1, -0.05) is 23.2 Å². The Labute approximate surface area is 160 Å². The first-order valence-corrected chi connectivity index (χ1v) is 9.25. The Morgan fingerprint density at radius 2 is 2.04 bits per heavy atom. The van der Waals surface area contributed by atoms with Crippen LogP contribution < -0.4 is 5.32 Å². The number of benzene rings is 1. The van der Waals surface area contributed by atoms with Crippen LogP contribution >= 0.6 is 23.2 Å². The van der Waals surface area contributed by atoms with Crippen LogP contribution in [0.2, 0.25) is 10.0 Å². The van der Waals surface area contributed by atoms with Gasteiger partial charge in [-0.3, -0.25) is 9.59 Å². The summed E-state index contributed by atoms with van der Waals surface area (Å²) in [5.74, 6) is -1.19. The van der Waals surface area contributed by atoms with Crippen molar-refractivity contribution in [1.82, 2.24) is 15.1 Å². The first-order valence-electron chi connectivity index (χ1n) is 8.49. The third kappa shape index (κ3) is 2.87. The summed E-state index contributed by atoms with van der Waals surface area (Å²) in [7, 11) is 0. The fourth-order valence-electron chi connectivity index (χ4n) is 3.42. The van der Waals surface area contributed by atoms with Crippen LogP contribution in [0.4, 0.5) is 0 Å². The van der Waals surface area contributed by atoms with E-state index >= 15 is 0 Å². The highest BCUT2D eigenvalue weighted by molar-refractivity contribution is 6.35. The second-order valence-corrected chi connectivity index (χ2v) is 7.75. The molecule has 1 heterocycles. The van der Waals surface area contributed by atoms with Crippen LogP contribution in [0, 0.1) is 5.41 Å². The first kappa shape index (κ1) is 17.4. The van der Waals surface area contributed by atoms with E-state index in [1.54, 1.807) is 22.9 Å². The van der Waals surface area contributed by atoms with Crippen molar-refractivity contribution < 1.29 is 14.7 Å². The smallest absolute Gasteiger partial charge is 0.311 e. The number of nitrogens with zero attached hydrogens (tertiary/aromatic N) is 2. The highest BCUT2D eigenvalue weighted by atomic mass is 35.5. The van der Waals surface area contributed by atoms with Gasteiger partial charge in [0, 0.05) is 22.8 Å². The van der Waals surface area contributed by atoms with Crippen LogP contribution in [0.1, 0.15) is 41.0 Å². The summed E-state index contributed by atoms with van der Waals surface area (Å²) in [6.45, 7) is 0.129. The second kappa shape index (κ2) is 6.28. The standard InChI is InChI=1S/C18H17Cl2N3O3/c19-10-4-5-14(12(20)8-10)23-13-3-1-2-11(13)15(22-23)16(24)21-9-18(6-7-18)17(25)26/h4-5,8H,1-3,6-7,9H2,(H,21,24)(H,25,26). The lowest BCUT2D eigenvalue weighted by Crippen LogP contribution is -2.34. The van der Waals surface area contributed by atoms with E-state index in [9.17, 15) is 14.7 Å². The largest absolute Gasteiger partial charge is 0.481 e. The molecule has 0 aliphatic heterocycles. The maximum Gasteiger partial charge on any atom is 0.311 e. The average molecular weight is 394 g/mol. The monoisotopic (exact) mass is 393 g/mol. The topological polar surface area (TPSA) is 84.2 Å². The second-order valence-electron chi connectivity index (χ2n) is 6.90. The summed E-state index contributed by atoms with van der Waals surface area (Å²) < 4.78 is 1.71. The van der Waals surface area contributed by atoms with Crippen molar-refractivity contribution >= 4 is 35.1 Å². The Balaban J connectivity index is 1.64. The zero-order valence-corrected chi connectivity index (χ0v) is 15.4. The number of hydrogen-bond acceptors (Lipinski definition) is 3. The number of carbonyl (C=O) groups is 2. The lowest BCUT2D eigenvalue weighted by molar-refractivity contribution is -0.143. The molecule has 0 spiro atoms. The van der Waals surface area contributed by atoms with Gasteiger partial charge in [-0.25, -0.2) is 4.68 Å². The maximum absolute atomic E-state index is 12.7. The van der Waals surface area contributed by atoms with Gasteiger partial charge in [0.2, 0.25) is 0 Å². The van der Waals surface area contributed by atoms with Crippen LogP contribution in [0.3, 0.4) is 0 Å². The van der Waals surface area contributed by atoms with Crippen LogP contribution in [-0.2, 0) is 17.6 Å². The minimum atomic E-state index is -0.860. The summed E-state index contributed by atoms with van der Waals surface area (Å²) >= 11 is 12.3. The van der Waals surface area contributed by atoms with Crippen molar-refractivity contribution in [3.05, 3.63) is 45.2 Å². The van der Waals surface area contributed by atoms with Crippen LogP contribution in [0.15, 0.2) is 18.2 Å². The molecule has 26 heavy (non-hydrogen) atoms. The van der Waals surface area contributed by atoms with Crippen molar-refractivity contribution in [3.8, 4) is 5.69 Å². The fourth-order valence-corrected chi connectivity index (χ4v) is 3.91. The molecule has 1 aromatic heterocycles. The van der Waals surface area contributed by atoms with Crippen molar-refractivity contribution in [1.29, 1.82) is 0 Å². The zero-order chi connectivity index (χ0) is 18.5. The van der Waals surface area contributed by atoms with Gasteiger partial charge in [-0.2, -0.15) is 5.10 Å². The molecule has 2 aliphatic carbocycles. The number of hydrogen-bond donors (Lipinski definition) is 2. The summed E-state index contributed by atoms with van der Waals surface area (Å²) in [5.41, 5.74) is 2.11. The summed E-state index contributed by atoms with van der Waals surface area (Å²) in [6, 6.07) is 5.15. The predicted octanol–water partition coefficient (Wildman–Crippen LogP) is 3.26. The molecule has 8 heteroatoms. The molecule has 2 aromatic rings. The number of carbonyl (C=O) groups excluding carboxylic acids is 1. The summed E-state index contributed by atoms with van der Waals surface area (Å²) in [6.07, 6.45) is 3.71. The molecule has 1 fully saturated rings. The fraction of sp³-hybridized carbons (Fsp3) is 0.389. The molecule has 6 nitrogen and oxygen atoms in total. The van der Waals surface area contributed by atoms with E-state index in [1.807, 2.05) is 0 Å². The van der Waals surface area contributed by atoms with Gasteiger partial charge >= 0.3 is 5.97 Å². The molecule has 136 valence electrons. The number of aromatic nitrogens is 2. The molecular formula is C18H17Cl2N3O3. The van der Waals surface area contributed by atoms with E-state index in [-0.39, 0.29) is 12.5 Å². The molecule has 0 radical (unpaired) electrons. The van der Waals surface area contributed by atoms with Gasteiger partial charge in [0.25, 0.3) is 5.91 Å². The predicted molar refractivity (Wildman–Crippen MR) is 97.2 cm³/mol. The van der Waals surface area contributed by atoms with E-state index in [0.29, 0.717) is 34.3 Å². The number of aliphatic carboxylic acids is 1. The van der Waals surface area contributed by atoms with Crippen molar-refractivity contribution in [2.24, 2.45) is 5.41 Å². The number of rotatable bonds is 5. The van der Waals surface area contributed by atoms with E-state index in [2.05, 4.69) is 10.4 Å². The minimum absolute atomic E-state index is 0.129. The lowest BCUT2D eigenvalue weighted by atomic mass is 10.1. The molecule has 1 aromatic carbocycles. The average Bonchev–Trinajstić information content (AvgIpc) is 3.09. The van der Waals surface area contributed by atoms with Crippen molar-refractivity contribution in [2.75, 3.05) is 6.54 Å². The molecule has 0 unspecified atom stereocenters. The highest BCUT2D eigenvalue weighted by Crippen LogP contribution is 2.45. The van der Waals surface area contributed by atoms with Gasteiger partial charge in [0.05, 0.1) is 16.1 Å². The molecule has 0 bridgehead atoms. The Morgan fingerprint density at radius 1 is 1.27 bits per heavy atom. The number of carboxylic acid groups (broad SMARTS) is 1. The molecule has 1 amide bonds. The molecule has 1 saturated carbocycles. The Hall–Kier alpha value is -2.05. The van der Waals surface area contributed by atoms with Gasteiger partial charge < -0.3 is 10.4 Å². The van der Waals surface area contributed by atoms with E-state index in [4.69, 9.17) is 23.2 Å². The number of halogens is 2. The Bertz CT molecular complexity index is 919. The van der Waals surface area contributed by atoms with Gasteiger partial charge in [0.15, 0.2) is 5.69 Å². The SMILES string of the molecule is O=C(NCC1(C(=O)O)CC1)c1nn(-c2ccc(Cl)cc2Cl)c2c1CCC2. The quantitative estimate of drug-likeness (QED) is 0.816. The third-order valence-corrected chi connectivity index (χ3v) is 5.72. The molecule has 0 saturated heterocycles.